The number of carbonyl (C=O) groups is 3. The number of anilines is 1. The van der Waals surface area contributed by atoms with Gasteiger partial charge in [0.05, 0.1) is 33.0 Å². The highest BCUT2D eigenvalue weighted by atomic mass is 35.6. The van der Waals surface area contributed by atoms with Crippen LogP contribution in [0.2, 0.25) is 0 Å². The lowest BCUT2D eigenvalue weighted by Gasteiger charge is -2.33. The van der Waals surface area contributed by atoms with Crippen LogP contribution in [-0.2, 0) is 41.5 Å². The molecule has 1 aromatic carbocycles. The van der Waals surface area contributed by atoms with E-state index in [9.17, 15) is 23.5 Å². The van der Waals surface area contributed by atoms with Crippen molar-refractivity contribution in [3.8, 4) is 0 Å². The molecule has 43 heavy (non-hydrogen) atoms. The zero-order valence-corrected chi connectivity index (χ0v) is 28.9. The first kappa shape index (κ1) is 39.6. The van der Waals surface area contributed by atoms with Crippen molar-refractivity contribution in [2.45, 2.75) is 56.3 Å². The molecular formula is C25H39Cl3N2O11P2. The summed E-state index contributed by atoms with van der Waals surface area (Å²) in [6.45, 7) is 7.07. The number of nitrogens with zero attached hydrogens (tertiary/aromatic N) is 1. The lowest BCUT2D eigenvalue weighted by molar-refractivity contribution is -0.145. The van der Waals surface area contributed by atoms with Crippen LogP contribution in [0.15, 0.2) is 24.3 Å². The number of carbonyl (C=O) groups excluding carboxylic acids is 3. The third-order valence-electron chi connectivity index (χ3n) is 5.44. The van der Waals surface area contributed by atoms with Gasteiger partial charge in [-0.2, -0.15) is 0 Å². The molecule has 0 fully saturated rings. The molecule has 13 nitrogen and oxygen atoms in total. The number of rotatable bonds is 18. The van der Waals surface area contributed by atoms with Crippen LogP contribution in [-0.4, -0.2) is 79.9 Å². The molecule has 0 aliphatic rings. The quantitative estimate of drug-likeness (QED) is 0.100. The van der Waals surface area contributed by atoms with E-state index >= 15 is 0 Å². The molecule has 1 aromatic rings. The van der Waals surface area contributed by atoms with Crippen molar-refractivity contribution < 1.29 is 51.1 Å². The van der Waals surface area contributed by atoms with Gasteiger partial charge in [-0.05, 0) is 58.9 Å². The van der Waals surface area contributed by atoms with E-state index < -0.39 is 61.4 Å². The first-order valence-electron chi connectivity index (χ1n) is 13.4. The van der Waals surface area contributed by atoms with Crippen LogP contribution in [0.5, 0.6) is 0 Å². The summed E-state index contributed by atoms with van der Waals surface area (Å²) in [7, 11) is -7.04. The molecule has 0 aliphatic carbocycles. The average Bonchev–Trinajstić information content (AvgIpc) is 2.93. The maximum atomic E-state index is 13.9. The number of halogens is 3. The molecule has 2 amide bonds. The largest absolute Gasteiger partial charge is 0.464 e. The molecule has 1 atom stereocenters. The van der Waals surface area contributed by atoms with Gasteiger partial charge < -0.3 is 32.9 Å². The van der Waals surface area contributed by atoms with Crippen molar-refractivity contribution in [2.24, 2.45) is 0 Å². The second-order valence-electron chi connectivity index (χ2n) is 8.52. The molecular weight excluding hydrogens is 673 g/mol. The van der Waals surface area contributed by atoms with Gasteiger partial charge >= 0.3 is 27.3 Å². The van der Waals surface area contributed by atoms with Gasteiger partial charge in [0, 0.05) is 24.7 Å². The Balaban J connectivity index is 3.36. The van der Waals surface area contributed by atoms with Crippen LogP contribution in [0, 0.1) is 0 Å². The summed E-state index contributed by atoms with van der Waals surface area (Å²) in [5.41, 5.74) is 0.435. The van der Waals surface area contributed by atoms with Crippen molar-refractivity contribution in [3.05, 3.63) is 29.8 Å². The van der Waals surface area contributed by atoms with E-state index in [4.69, 9.17) is 62.4 Å². The molecule has 0 aromatic heterocycles. The fourth-order valence-corrected chi connectivity index (χ4v) is 9.23. The molecule has 0 spiro atoms. The summed E-state index contributed by atoms with van der Waals surface area (Å²) in [6, 6.07) is 4.22. The van der Waals surface area contributed by atoms with E-state index in [1.165, 1.54) is 31.3 Å². The molecule has 0 heterocycles. The normalized spacial score (nSPS) is 13.0. The summed E-state index contributed by atoms with van der Waals surface area (Å²) >= 11 is 16.8. The number of benzene rings is 1. The number of ether oxygens (including phenoxy) is 2. The van der Waals surface area contributed by atoms with Crippen molar-refractivity contribution >= 4 is 73.7 Å². The Morgan fingerprint density at radius 3 is 1.67 bits per heavy atom. The number of hydrogen-bond acceptors (Lipinski definition) is 11. The fraction of sp³-hybridized carbons (Fsp3) is 0.640. The van der Waals surface area contributed by atoms with E-state index in [2.05, 4.69) is 5.32 Å². The Hall–Kier alpha value is -1.40. The zero-order chi connectivity index (χ0) is 32.8. The van der Waals surface area contributed by atoms with E-state index in [-0.39, 0.29) is 38.6 Å². The standard InChI is InChI=1S/C25H39Cl3N2O11P2/c1-7-36-23(32)20(16-21(42(34,38-8-2)39-9-3)43(35,40-10-4)41-11-5)29-22(31)18-12-14-19(15-13-18)30(6)24(33)37-17-25(26,27)28/h12-15,20-21H,7-11,16-17H2,1-6H3,(H,29,31). The first-order chi connectivity index (χ1) is 20.1. The van der Waals surface area contributed by atoms with Crippen LogP contribution in [0.1, 0.15) is 51.4 Å². The highest BCUT2D eigenvalue weighted by Gasteiger charge is 2.52. The Morgan fingerprint density at radius 1 is 0.814 bits per heavy atom. The van der Waals surface area contributed by atoms with Crippen molar-refractivity contribution in [3.63, 3.8) is 0 Å². The van der Waals surface area contributed by atoms with Gasteiger partial charge in [-0.1, -0.05) is 34.8 Å². The lowest BCUT2D eigenvalue weighted by atomic mass is 10.1. The smallest absolute Gasteiger partial charge is 0.414 e. The van der Waals surface area contributed by atoms with Gasteiger partial charge in [0.25, 0.3) is 5.91 Å². The monoisotopic (exact) mass is 710 g/mol. The third-order valence-corrected chi connectivity index (χ3v) is 11.8. The molecule has 1 rings (SSSR count). The highest BCUT2D eigenvalue weighted by Crippen LogP contribution is 2.71. The maximum Gasteiger partial charge on any atom is 0.414 e. The minimum Gasteiger partial charge on any atom is -0.464 e. The topological polar surface area (TPSA) is 156 Å². The van der Waals surface area contributed by atoms with Crippen LogP contribution in [0.4, 0.5) is 10.5 Å². The van der Waals surface area contributed by atoms with Gasteiger partial charge in [-0.3, -0.25) is 18.8 Å². The first-order valence-corrected chi connectivity index (χ1v) is 17.8. The maximum absolute atomic E-state index is 13.9. The van der Waals surface area contributed by atoms with Crippen molar-refractivity contribution in [2.75, 3.05) is 51.6 Å². The number of nitrogens with one attached hydrogen (secondary N) is 1. The molecule has 0 bridgehead atoms. The number of amides is 2. The summed E-state index contributed by atoms with van der Waals surface area (Å²) in [5.74, 6) is -1.61. The van der Waals surface area contributed by atoms with Crippen molar-refractivity contribution in [1.82, 2.24) is 5.32 Å². The van der Waals surface area contributed by atoms with Crippen LogP contribution in [0.25, 0.3) is 0 Å². The highest BCUT2D eigenvalue weighted by molar-refractivity contribution is 7.72. The number of hydrogen-bond donors (Lipinski definition) is 1. The summed E-state index contributed by atoms with van der Waals surface area (Å²) in [4.78, 5) is 39.6. The molecule has 0 saturated carbocycles. The van der Waals surface area contributed by atoms with Gasteiger partial charge in [0.2, 0.25) is 3.79 Å². The molecule has 18 heteroatoms. The van der Waals surface area contributed by atoms with Gasteiger partial charge in [-0.25, -0.2) is 9.59 Å². The third kappa shape index (κ3) is 12.5. The van der Waals surface area contributed by atoms with Crippen LogP contribution >= 0.6 is 50.0 Å². The average molecular weight is 712 g/mol. The van der Waals surface area contributed by atoms with E-state index in [1.54, 1.807) is 34.6 Å². The molecule has 246 valence electrons. The lowest BCUT2D eigenvalue weighted by Crippen LogP contribution is -2.44. The molecule has 0 saturated heterocycles. The van der Waals surface area contributed by atoms with Crippen LogP contribution in [0.3, 0.4) is 0 Å². The van der Waals surface area contributed by atoms with Crippen LogP contribution < -0.4 is 10.2 Å². The Morgan fingerprint density at radius 2 is 1.28 bits per heavy atom. The van der Waals surface area contributed by atoms with E-state index in [1.807, 2.05) is 0 Å². The number of esters is 1. The molecule has 0 radical (unpaired) electrons. The van der Waals surface area contributed by atoms with Gasteiger partial charge in [0.1, 0.15) is 12.6 Å². The molecule has 1 N–H and O–H groups in total. The van der Waals surface area contributed by atoms with Crippen molar-refractivity contribution in [1.29, 1.82) is 0 Å². The summed E-state index contributed by atoms with van der Waals surface area (Å²) in [6.07, 6.45) is -1.33. The number of alkyl halides is 3. The second kappa shape index (κ2) is 18.5. The predicted molar refractivity (Wildman–Crippen MR) is 164 cm³/mol. The van der Waals surface area contributed by atoms with Gasteiger partial charge in [0.15, 0.2) is 5.40 Å². The van der Waals surface area contributed by atoms with E-state index in [0.717, 1.165) is 4.90 Å². The zero-order valence-electron chi connectivity index (χ0n) is 24.9. The fourth-order valence-electron chi connectivity index (χ4n) is 3.66. The summed E-state index contributed by atoms with van der Waals surface area (Å²) < 4.78 is 58.0. The minimum atomic E-state index is -4.23. The predicted octanol–water partition coefficient (Wildman–Crippen LogP) is 6.54. The minimum absolute atomic E-state index is 0.0333. The SMILES string of the molecule is CCOC(=O)C(CC(P(=O)(OCC)OCC)P(=O)(OCC)OCC)NC(=O)c1ccc(N(C)C(=O)OCC(Cl)(Cl)Cl)cc1. The Labute approximate surface area is 267 Å². The molecule has 0 aliphatic heterocycles. The van der Waals surface area contributed by atoms with E-state index in [0.29, 0.717) is 5.69 Å². The van der Waals surface area contributed by atoms with Gasteiger partial charge in [-0.15, -0.1) is 0 Å². The Bertz CT molecular complexity index is 1100. The Kier molecular flexibility index (Phi) is 17.1. The molecule has 1 unspecified atom stereocenters. The summed E-state index contributed by atoms with van der Waals surface area (Å²) in [5, 5.41) is 0.963. The second-order valence-corrected chi connectivity index (χ2v) is 15.9.